The molecule has 2 aromatic heterocycles. The van der Waals surface area contributed by atoms with Gasteiger partial charge in [0, 0.05) is 69.4 Å². The zero-order valence-corrected chi connectivity index (χ0v) is 37.8. The highest BCUT2D eigenvalue weighted by Gasteiger charge is 2.27. The van der Waals surface area contributed by atoms with Gasteiger partial charge in [0.2, 0.25) is 5.91 Å². The van der Waals surface area contributed by atoms with E-state index in [-0.39, 0.29) is 21.6 Å². The number of benzene rings is 3. The SMILES string of the molecule is CC(=O)Nc1ccc(S(=O)(=O)N(C)c2ccc3c(c2)nc(C(C)(C)C)n3CCN2CCCCC2)cc1.CNc1ccc2c(c1)nc(C(C)(C)C)n2CCN1CCCCC1. The van der Waals surface area contributed by atoms with Crippen molar-refractivity contribution in [3.63, 3.8) is 0 Å². The lowest BCUT2D eigenvalue weighted by atomic mass is 9.95. The molecule has 2 saturated heterocycles. The van der Waals surface area contributed by atoms with E-state index in [1.54, 1.807) is 19.2 Å². The molecular weight excluding hydrogens is 759 g/mol. The van der Waals surface area contributed by atoms with Crippen LogP contribution in [0.25, 0.3) is 22.1 Å². The quantitative estimate of drug-likeness (QED) is 0.136. The second kappa shape index (κ2) is 18.4. The van der Waals surface area contributed by atoms with Crippen molar-refractivity contribution in [1.82, 2.24) is 28.9 Å². The average Bonchev–Trinajstić information content (AvgIpc) is 3.78. The highest BCUT2D eigenvalue weighted by Crippen LogP contribution is 2.32. The van der Waals surface area contributed by atoms with Gasteiger partial charge in [-0.2, -0.15) is 0 Å². The van der Waals surface area contributed by atoms with Gasteiger partial charge in [-0.1, -0.05) is 54.4 Å². The summed E-state index contributed by atoms with van der Waals surface area (Å²) in [5, 5.41) is 5.87. The van der Waals surface area contributed by atoms with Gasteiger partial charge in [0.05, 0.1) is 32.6 Å². The van der Waals surface area contributed by atoms with E-state index in [0.29, 0.717) is 11.4 Å². The summed E-state index contributed by atoms with van der Waals surface area (Å²) in [6.07, 6.45) is 7.93. The standard InChI is InChI=1S/C27H37N5O3S.C19H30N4/c1-20(33)28-21-9-12-23(13-10-21)36(34,35)30(5)22-11-14-25-24(19-22)29-26(27(2,3)4)32(25)18-17-31-15-7-6-8-16-31;1-19(2,3)18-21-16-14-15(20-4)8-9-17(16)23(18)13-12-22-10-6-5-7-11-22/h9-14,19H,6-8,15-18H2,1-5H3,(H,28,33);8-9,14,20H,5-7,10-13H2,1-4H3. The van der Waals surface area contributed by atoms with Gasteiger partial charge >= 0.3 is 0 Å². The smallest absolute Gasteiger partial charge is 0.264 e. The van der Waals surface area contributed by atoms with Crippen molar-refractivity contribution in [3.05, 3.63) is 72.3 Å². The number of anilines is 3. The molecule has 0 radical (unpaired) electrons. The van der Waals surface area contributed by atoms with E-state index < -0.39 is 10.0 Å². The summed E-state index contributed by atoms with van der Waals surface area (Å²) in [7, 11) is -0.274. The maximum absolute atomic E-state index is 13.3. The fourth-order valence-electron chi connectivity index (χ4n) is 8.26. The van der Waals surface area contributed by atoms with Gasteiger partial charge in [-0.25, -0.2) is 18.4 Å². The third kappa shape index (κ3) is 10.7. The molecule has 12 nitrogen and oxygen atoms in total. The van der Waals surface area contributed by atoms with Crippen LogP contribution in [0.15, 0.2) is 65.6 Å². The summed E-state index contributed by atoms with van der Waals surface area (Å²) in [4.78, 5) is 26.5. The third-order valence-corrected chi connectivity index (χ3v) is 13.3. The third-order valence-electron chi connectivity index (χ3n) is 11.5. The van der Waals surface area contributed by atoms with Crippen LogP contribution >= 0.6 is 0 Å². The van der Waals surface area contributed by atoms with Crippen LogP contribution in [0.3, 0.4) is 0 Å². The first-order valence-electron chi connectivity index (χ1n) is 21.5. The number of sulfonamides is 1. The monoisotopic (exact) mass is 826 g/mol. The molecule has 4 heterocycles. The van der Waals surface area contributed by atoms with Gasteiger partial charge in [0.25, 0.3) is 10.0 Å². The fraction of sp³-hybridized carbons (Fsp3) is 0.543. The Kier molecular flexibility index (Phi) is 13.8. The highest BCUT2D eigenvalue weighted by atomic mass is 32.2. The van der Waals surface area contributed by atoms with Crippen LogP contribution in [0, 0.1) is 0 Å². The molecule has 13 heteroatoms. The molecule has 59 heavy (non-hydrogen) atoms. The number of hydrogen-bond donors (Lipinski definition) is 2. The maximum atomic E-state index is 13.3. The van der Waals surface area contributed by atoms with Crippen molar-refractivity contribution in [3.8, 4) is 0 Å². The van der Waals surface area contributed by atoms with Gasteiger partial charge in [-0.15, -0.1) is 0 Å². The summed E-state index contributed by atoms with van der Waals surface area (Å²) in [6, 6.07) is 18.4. The van der Waals surface area contributed by atoms with E-state index in [2.05, 4.69) is 89.3 Å². The van der Waals surface area contributed by atoms with E-state index in [1.165, 1.54) is 86.3 Å². The number of amides is 1. The van der Waals surface area contributed by atoms with Crippen LogP contribution in [-0.2, 0) is 38.7 Å². The lowest BCUT2D eigenvalue weighted by Crippen LogP contribution is -2.33. The van der Waals surface area contributed by atoms with Crippen molar-refractivity contribution in [2.75, 3.05) is 68.3 Å². The van der Waals surface area contributed by atoms with E-state index >= 15 is 0 Å². The van der Waals surface area contributed by atoms with Gasteiger partial charge < -0.3 is 29.6 Å². The largest absolute Gasteiger partial charge is 0.388 e. The molecule has 1 amide bonds. The fourth-order valence-corrected chi connectivity index (χ4v) is 9.44. The van der Waals surface area contributed by atoms with Crippen molar-refractivity contribution in [2.24, 2.45) is 0 Å². The Bertz CT molecular complexity index is 2310. The molecular formula is C46H67N9O3S. The number of piperidine rings is 2. The van der Waals surface area contributed by atoms with Crippen molar-refractivity contribution >= 4 is 55.1 Å². The number of hydrogen-bond acceptors (Lipinski definition) is 8. The number of likely N-dealkylation sites (tertiary alicyclic amines) is 2. The molecule has 0 saturated carbocycles. The Balaban J connectivity index is 0.000000219. The zero-order chi connectivity index (χ0) is 42.5. The molecule has 2 aliphatic rings. The Labute approximate surface area is 352 Å². The summed E-state index contributed by atoms with van der Waals surface area (Å²) >= 11 is 0. The predicted octanol–water partition coefficient (Wildman–Crippen LogP) is 8.46. The summed E-state index contributed by atoms with van der Waals surface area (Å²) < 4.78 is 32.6. The van der Waals surface area contributed by atoms with Gasteiger partial charge in [-0.3, -0.25) is 9.10 Å². The predicted molar refractivity (Wildman–Crippen MR) is 243 cm³/mol. The van der Waals surface area contributed by atoms with Crippen LogP contribution in [0.2, 0.25) is 0 Å². The molecule has 0 aliphatic carbocycles. The number of fused-ring (bicyclic) bond motifs is 2. The maximum Gasteiger partial charge on any atom is 0.264 e. The normalized spacial score (nSPS) is 15.9. The Morgan fingerprint density at radius 3 is 1.58 bits per heavy atom. The van der Waals surface area contributed by atoms with Crippen LogP contribution in [-0.4, -0.2) is 96.6 Å². The van der Waals surface area contributed by atoms with Crippen molar-refractivity contribution in [1.29, 1.82) is 0 Å². The van der Waals surface area contributed by atoms with Crippen LogP contribution in [0.5, 0.6) is 0 Å². The molecule has 0 spiro atoms. The molecule has 5 aromatic rings. The van der Waals surface area contributed by atoms with Crippen LogP contribution in [0.4, 0.5) is 17.1 Å². The number of nitrogens with zero attached hydrogens (tertiary/aromatic N) is 7. The molecule has 2 fully saturated rings. The summed E-state index contributed by atoms with van der Waals surface area (Å²) in [6.45, 7) is 23.5. The number of rotatable bonds is 11. The first kappa shape index (κ1) is 44.1. The minimum atomic E-state index is -3.78. The molecule has 3 aromatic carbocycles. The van der Waals surface area contributed by atoms with Crippen LogP contribution < -0.4 is 14.9 Å². The molecule has 0 unspecified atom stereocenters. The molecule has 7 rings (SSSR count). The second-order valence-corrected chi connectivity index (χ2v) is 20.3. The molecule has 0 bridgehead atoms. The number of nitrogens with one attached hydrogen (secondary N) is 2. The first-order valence-corrected chi connectivity index (χ1v) is 22.9. The average molecular weight is 826 g/mol. The lowest BCUT2D eigenvalue weighted by Gasteiger charge is -2.28. The van der Waals surface area contributed by atoms with E-state index in [1.807, 2.05) is 25.2 Å². The Morgan fingerprint density at radius 1 is 0.661 bits per heavy atom. The summed E-state index contributed by atoms with van der Waals surface area (Å²) in [5.41, 5.74) is 6.30. The number of aromatic nitrogens is 4. The topological polar surface area (TPSA) is 121 Å². The molecule has 320 valence electrons. The van der Waals surface area contributed by atoms with Gasteiger partial charge in [-0.05, 0) is 113 Å². The number of carbonyl (C=O) groups is 1. The molecule has 2 N–H and O–H groups in total. The van der Waals surface area contributed by atoms with E-state index in [4.69, 9.17) is 9.97 Å². The first-order chi connectivity index (χ1) is 27.9. The summed E-state index contributed by atoms with van der Waals surface area (Å²) in [5.74, 6) is 1.99. The van der Waals surface area contributed by atoms with Gasteiger partial charge in [0.1, 0.15) is 11.6 Å². The molecule has 2 aliphatic heterocycles. The zero-order valence-electron chi connectivity index (χ0n) is 36.9. The minimum Gasteiger partial charge on any atom is -0.388 e. The van der Waals surface area contributed by atoms with Crippen molar-refractivity contribution < 1.29 is 13.2 Å². The second-order valence-electron chi connectivity index (χ2n) is 18.3. The highest BCUT2D eigenvalue weighted by molar-refractivity contribution is 7.92. The van der Waals surface area contributed by atoms with E-state index in [0.717, 1.165) is 67.3 Å². The lowest BCUT2D eigenvalue weighted by molar-refractivity contribution is -0.114. The number of carbonyl (C=O) groups excluding carboxylic acids is 1. The van der Waals surface area contributed by atoms with Crippen LogP contribution in [0.1, 0.15) is 98.6 Å². The van der Waals surface area contributed by atoms with Crippen molar-refractivity contribution in [2.45, 2.75) is 116 Å². The van der Waals surface area contributed by atoms with Gasteiger partial charge in [0.15, 0.2) is 0 Å². The minimum absolute atomic E-state index is 0.0563. The van der Waals surface area contributed by atoms with E-state index in [9.17, 15) is 13.2 Å². The molecule has 0 atom stereocenters. The Morgan fingerprint density at radius 2 is 1.12 bits per heavy atom. The Hall–Kier alpha value is -4.46. The number of imidazole rings is 2.